The number of nitrogens with one attached hydrogen (secondary N) is 1. The molecule has 5 heterocycles. The van der Waals surface area contributed by atoms with Crippen molar-refractivity contribution < 1.29 is 5.11 Å². The number of hydrogen-bond donors (Lipinski definition) is 2. The maximum atomic E-state index is 9.75. The molecule has 1 aromatic heterocycles. The highest BCUT2D eigenvalue weighted by Crippen LogP contribution is 2.18. The van der Waals surface area contributed by atoms with Crippen LogP contribution in [0.2, 0.25) is 0 Å². The molecular formula is C27H18N4O. The number of rotatable bonds is 0. The number of aromatic amines is 1. The van der Waals surface area contributed by atoms with Gasteiger partial charge in [-0.3, -0.25) is 0 Å². The van der Waals surface area contributed by atoms with Crippen molar-refractivity contribution in [1.29, 1.82) is 0 Å². The Bertz CT molecular complexity index is 1660. The van der Waals surface area contributed by atoms with E-state index in [9.17, 15) is 5.11 Å². The Hall–Kier alpha value is -4.51. The quantitative estimate of drug-likeness (QED) is 0.680. The molecule has 2 N–H and O–H groups in total. The summed E-state index contributed by atoms with van der Waals surface area (Å²) >= 11 is 0. The number of benzene rings is 1. The largest absolute Gasteiger partial charge is 0.515 e. The third kappa shape index (κ3) is 3.36. The second kappa shape index (κ2) is 7.32. The normalized spacial score (nSPS) is 19.8. The summed E-state index contributed by atoms with van der Waals surface area (Å²) in [6, 6.07) is 9.84. The number of aliphatic imine (C=N–C) groups is 3. The van der Waals surface area contributed by atoms with Crippen molar-refractivity contribution in [2.45, 2.75) is 0 Å². The van der Waals surface area contributed by atoms with E-state index in [0.29, 0.717) is 0 Å². The van der Waals surface area contributed by atoms with E-state index in [2.05, 4.69) is 16.0 Å². The number of hydrogen-bond acceptors (Lipinski definition) is 4. The van der Waals surface area contributed by atoms with Gasteiger partial charge in [0.2, 0.25) is 0 Å². The Morgan fingerprint density at radius 1 is 0.656 bits per heavy atom. The van der Waals surface area contributed by atoms with Crippen molar-refractivity contribution in [1.82, 2.24) is 4.98 Å². The van der Waals surface area contributed by atoms with Gasteiger partial charge in [-0.05, 0) is 72.0 Å². The molecular weight excluding hydrogens is 396 g/mol. The molecule has 0 atom stereocenters. The van der Waals surface area contributed by atoms with E-state index in [4.69, 9.17) is 9.98 Å². The highest BCUT2D eigenvalue weighted by molar-refractivity contribution is 6.20. The molecule has 0 amide bonds. The van der Waals surface area contributed by atoms with Gasteiger partial charge in [0.1, 0.15) is 0 Å². The molecule has 0 aliphatic carbocycles. The SMILES string of the molecule is O/C=c1\cccc\c1=c1\cc2[nH]c1=CC1=NC(=CC3=NC(=CC4=NC(=C2)C=C4)C=C3)C=C1. The summed E-state index contributed by atoms with van der Waals surface area (Å²) in [7, 11) is 0. The lowest BCUT2D eigenvalue weighted by molar-refractivity contribution is 0.540. The zero-order valence-electron chi connectivity index (χ0n) is 17.0. The van der Waals surface area contributed by atoms with Crippen molar-refractivity contribution in [2.24, 2.45) is 15.0 Å². The van der Waals surface area contributed by atoms with Gasteiger partial charge in [0.15, 0.2) is 0 Å². The number of aromatic nitrogens is 1. The number of H-pyrrole nitrogens is 1. The fraction of sp³-hybridized carbons (Fsp3) is 0. The molecule has 0 fully saturated rings. The summed E-state index contributed by atoms with van der Waals surface area (Å²) < 4.78 is 0. The number of nitrogens with zero attached hydrogens (tertiary/aromatic N) is 3. The molecule has 5 nitrogen and oxygen atoms in total. The first-order valence-corrected chi connectivity index (χ1v) is 10.3. The minimum absolute atomic E-state index is 0.754. The summed E-state index contributed by atoms with van der Waals surface area (Å²) in [4.78, 5) is 17.6. The van der Waals surface area contributed by atoms with Crippen LogP contribution in [0.15, 0.2) is 111 Å². The molecule has 0 unspecified atom stereocenters. The maximum absolute atomic E-state index is 9.75. The van der Waals surface area contributed by atoms with Crippen molar-refractivity contribution in [3.63, 3.8) is 0 Å². The molecule has 152 valence electrons. The van der Waals surface area contributed by atoms with Crippen LogP contribution in [0, 0.1) is 10.4 Å². The maximum Gasteiger partial charge on any atom is 0.0870 e. The van der Waals surface area contributed by atoms with E-state index >= 15 is 0 Å². The van der Waals surface area contributed by atoms with Gasteiger partial charge >= 0.3 is 0 Å². The van der Waals surface area contributed by atoms with Crippen LogP contribution in [0.4, 0.5) is 0 Å². The number of aliphatic hydroxyl groups excluding tert-OH is 1. The van der Waals surface area contributed by atoms with E-state index in [1.807, 2.05) is 85.0 Å². The molecule has 0 spiro atoms. The van der Waals surface area contributed by atoms with Crippen LogP contribution < -0.4 is 10.6 Å². The highest BCUT2D eigenvalue weighted by Gasteiger charge is 2.10. The first kappa shape index (κ1) is 18.3. The second-order valence-corrected chi connectivity index (χ2v) is 7.73. The molecule has 8 bridgehead atoms. The predicted octanol–water partition coefficient (Wildman–Crippen LogP) is 3.53. The monoisotopic (exact) mass is 414 g/mol. The van der Waals surface area contributed by atoms with Gasteiger partial charge in [0.25, 0.3) is 0 Å². The van der Waals surface area contributed by atoms with E-state index in [1.165, 1.54) is 0 Å². The molecule has 0 radical (unpaired) electrons. The number of allylic oxidation sites excluding steroid dienone is 8. The first-order valence-electron chi connectivity index (χ1n) is 10.3. The van der Waals surface area contributed by atoms with Gasteiger partial charge in [0, 0.05) is 21.5 Å². The third-order valence-electron chi connectivity index (χ3n) is 5.50. The highest BCUT2D eigenvalue weighted by atomic mass is 16.2. The lowest BCUT2D eigenvalue weighted by atomic mass is 10.2. The van der Waals surface area contributed by atoms with Crippen LogP contribution in [0.3, 0.4) is 0 Å². The van der Waals surface area contributed by atoms with E-state index in [-0.39, 0.29) is 0 Å². The molecule has 2 aromatic rings. The van der Waals surface area contributed by atoms with Crippen molar-refractivity contribution >= 4 is 35.5 Å². The van der Waals surface area contributed by atoms with Crippen LogP contribution in [0.5, 0.6) is 0 Å². The zero-order chi connectivity index (χ0) is 21.5. The first-order chi connectivity index (χ1) is 15.7. The Kier molecular flexibility index (Phi) is 4.18. The summed E-state index contributed by atoms with van der Waals surface area (Å²) in [5.74, 6) is 0. The molecule has 4 aliphatic rings. The smallest absolute Gasteiger partial charge is 0.0870 e. The van der Waals surface area contributed by atoms with Gasteiger partial charge < -0.3 is 10.1 Å². The summed E-state index contributed by atoms with van der Waals surface area (Å²) in [5, 5.41) is 13.3. The number of aliphatic hydroxyl groups is 1. The Balaban J connectivity index is 1.67. The van der Waals surface area contributed by atoms with Crippen molar-refractivity contribution in [3.8, 4) is 0 Å². The zero-order valence-corrected chi connectivity index (χ0v) is 17.0. The third-order valence-corrected chi connectivity index (χ3v) is 5.50. The van der Waals surface area contributed by atoms with E-state index in [0.717, 1.165) is 67.2 Å². The Morgan fingerprint density at radius 2 is 1.25 bits per heavy atom. The number of fused-ring (bicyclic) bond motifs is 5. The average Bonchev–Trinajstić information content (AvgIpc) is 3.59. The summed E-state index contributed by atoms with van der Waals surface area (Å²) in [6.45, 7) is 0. The lowest BCUT2D eigenvalue weighted by Gasteiger charge is -1.93. The van der Waals surface area contributed by atoms with Gasteiger partial charge in [-0.2, -0.15) is 0 Å². The van der Waals surface area contributed by atoms with Crippen LogP contribution in [0.25, 0.3) is 18.4 Å². The molecule has 0 saturated carbocycles. The van der Waals surface area contributed by atoms with Crippen LogP contribution in [-0.2, 0) is 0 Å². The fourth-order valence-corrected chi connectivity index (χ4v) is 4.04. The molecule has 1 aromatic carbocycles. The lowest BCUT2D eigenvalue weighted by Crippen LogP contribution is -2.10. The average molecular weight is 414 g/mol. The van der Waals surface area contributed by atoms with Gasteiger partial charge in [0.05, 0.1) is 40.5 Å². The van der Waals surface area contributed by atoms with Crippen LogP contribution in [0.1, 0.15) is 5.69 Å². The Labute approximate surface area is 183 Å². The minimum atomic E-state index is 0.754. The van der Waals surface area contributed by atoms with Gasteiger partial charge in [-0.1, -0.05) is 24.3 Å². The molecule has 6 rings (SSSR count). The van der Waals surface area contributed by atoms with Gasteiger partial charge in [-0.25, -0.2) is 15.0 Å². The molecule has 4 aliphatic heterocycles. The minimum Gasteiger partial charge on any atom is -0.515 e. The molecule has 0 saturated heterocycles. The summed E-state index contributed by atoms with van der Waals surface area (Å²) in [5.41, 5.74) is 6.07. The molecule has 32 heavy (non-hydrogen) atoms. The predicted molar refractivity (Wildman–Crippen MR) is 130 cm³/mol. The van der Waals surface area contributed by atoms with E-state index in [1.54, 1.807) is 0 Å². The fourth-order valence-electron chi connectivity index (χ4n) is 4.04. The molecule has 5 heteroatoms. The van der Waals surface area contributed by atoms with Crippen molar-refractivity contribution in [2.75, 3.05) is 0 Å². The van der Waals surface area contributed by atoms with Crippen LogP contribution >= 0.6 is 0 Å². The standard InChI is InChI=1S/C27H18N4O/c32-16-17-3-1-2-4-25(17)26-14-24-13-22-8-7-20(29-22)11-18-5-6-19(28-18)12-21-9-10-23(30-21)15-27(26)31-24/h1-16,31-32H/b17-16+,18-11?,21-12?,22-13?,26-25+,27-15?. The van der Waals surface area contributed by atoms with E-state index < -0.39 is 0 Å². The summed E-state index contributed by atoms with van der Waals surface area (Å²) in [6.07, 6.45) is 21.0. The van der Waals surface area contributed by atoms with Crippen LogP contribution in [-0.4, -0.2) is 27.2 Å². The van der Waals surface area contributed by atoms with Crippen molar-refractivity contribution in [3.05, 3.63) is 123 Å². The second-order valence-electron chi connectivity index (χ2n) is 7.73. The van der Waals surface area contributed by atoms with Gasteiger partial charge in [-0.15, -0.1) is 0 Å². The topological polar surface area (TPSA) is 73.1 Å². The Morgan fingerprint density at radius 3 is 1.91 bits per heavy atom.